The standard InChI is InChI=1S/C19H23N3O3/c1-12-5-7-17(20-11-12)22-14(6-8-18(22)24)15(23)9-13-10-16(21-25-13)19(2,3)4/h5,7,10-11,14H,6,8-9H2,1-4H3/t14-/m0/s1. The number of anilines is 1. The maximum absolute atomic E-state index is 12.8. The molecule has 0 bridgehead atoms. The second-order valence-corrected chi connectivity index (χ2v) is 7.58. The summed E-state index contributed by atoms with van der Waals surface area (Å²) in [4.78, 5) is 30.8. The number of ketones is 1. The van der Waals surface area contributed by atoms with Gasteiger partial charge in [-0.25, -0.2) is 4.98 Å². The van der Waals surface area contributed by atoms with E-state index in [-0.39, 0.29) is 23.5 Å². The predicted octanol–water partition coefficient (Wildman–Crippen LogP) is 2.98. The molecule has 0 aliphatic carbocycles. The maximum Gasteiger partial charge on any atom is 0.228 e. The van der Waals surface area contributed by atoms with Crippen molar-refractivity contribution in [2.24, 2.45) is 0 Å². The minimum absolute atomic E-state index is 0.0511. The van der Waals surface area contributed by atoms with E-state index in [1.54, 1.807) is 12.3 Å². The molecule has 0 radical (unpaired) electrons. The van der Waals surface area contributed by atoms with Gasteiger partial charge in [0, 0.05) is 24.1 Å². The van der Waals surface area contributed by atoms with Crippen LogP contribution in [0.2, 0.25) is 0 Å². The van der Waals surface area contributed by atoms with Crippen LogP contribution in [0, 0.1) is 6.92 Å². The molecular formula is C19H23N3O3. The number of aryl methyl sites for hydroxylation is 1. The molecule has 6 heteroatoms. The van der Waals surface area contributed by atoms with E-state index in [1.165, 1.54) is 4.90 Å². The summed E-state index contributed by atoms with van der Waals surface area (Å²) < 4.78 is 5.31. The fraction of sp³-hybridized carbons (Fsp3) is 0.474. The lowest BCUT2D eigenvalue weighted by Gasteiger charge is -2.22. The monoisotopic (exact) mass is 341 g/mol. The second kappa shape index (κ2) is 6.43. The molecule has 3 rings (SSSR count). The highest BCUT2D eigenvalue weighted by Gasteiger charge is 2.38. The number of Topliss-reactive ketones (excluding diaryl/α,β-unsaturated/α-hetero) is 1. The molecule has 1 aliphatic heterocycles. The molecule has 1 fully saturated rings. The van der Waals surface area contributed by atoms with Crippen molar-refractivity contribution in [2.45, 2.75) is 58.4 Å². The highest BCUT2D eigenvalue weighted by atomic mass is 16.5. The molecule has 2 aromatic rings. The third-order valence-corrected chi connectivity index (χ3v) is 4.40. The number of hydrogen-bond donors (Lipinski definition) is 0. The van der Waals surface area contributed by atoms with Crippen molar-refractivity contribution < 1.29 is 14.1 Å². The van der Waals surface area contributed by atoms with Crippen LogP contribution in [0.5, 0.6) is 0 Å². The zero-order valence-electron chi connectivity index (χ0n) is 15.1. The number of nitrogens with zero attached hydrogens (tertiary/aromatic N) is 3. The van der Waals surface area contributed by atoms with Gasteiger partial charge in [0.25, 0.3) is 0 Å². The molecule has 1 saturated heterocycles. The SMILES string of the molecule is Cc1ccc(N2C(=O)CC[C@H]2C(=O)Cc2cc(C(C)(C)C)no2)nc1. The van der Waals surface area contributed by atoms with Crippen LogP contribution < -0.4 is 4.90 Å². The first-order chi connectivity index (χ1) is 11.8. The molecule has 25 heavy (non-hydrogen) atoms. The van der Waals surface area contributed by atoms with Gasteiger partial charge in [-0.05, 0) is 25.0 Å². The number of aromatic nitrogens is 2. The van der Waals surface area contributed by atoms with Gasteiger partial charge in [0.1, 0.15) is 11.6 Å². The summed E-state index contributed by atoms with van der Waals surface area (Å²) in [5.74, 6) is 0.943. The smallest absolute Gasteiger partial charge is 0.228 e. The van der Waals surface area contributed by atoms with Gasteiger partial charge in [-0.2, -0.15) is 0 Å². The van der Waals surface area contributed by atoms with Crippen molar-refractivity contribution in [3.8, 4) is 0 Å². The van der Waals surface area contributed by atoms with Crippen LogP contribution in [0.15, 0.2) is 28.9 Å². The molecule has 0 aromatic carbocycles. The van der Waals surface area contributed by atoms with E-state index in [4.69, 9.17) is 4.52 Å². The number of hydrogen-bond acceptors (Lipinski definition) is 5. The van der Waals surface area contributed by atoms with Gasteiger partial charge in [0.2, 0.25) is 5.91 Å². The Balaban J connectivity index is 1.77. The van der Waals surface area contributed by atoms with Crippen LogP contribution in [0.25, 0.3) is 0 Å². The van der Waals surface area contributed by atoms with Crippen molar-refractivity contribution in [1.82, 2.24) is 10.1 Å². The molecular weight excluding hydrogens is 318 g/mol. The number of amides is 1. The molecule has 3 heterocycles. The Morgan fingerprint density at radius 2 is 2.12 bits per heavy atom. The first-order valence-corrected chi connectivity index (χ1v) is 8.49. The summed E-state index contributed by atoms with van der Waals surface area (Å²) in [7, 11) is 0. The van der Waals surface area contributed by atoms with Crippen molar-refractivity contribution in [2.75, 3.05) is 4.90 Å². The van der Waals surface area contributed by atoms with Crippen LogP contribution in [0.4, 0.5) is 5.82 Å². The molecule has 132 valence electrons. The van der Waals surface area contributed by atoms with Crippen molar-refractivity contribution >= 4 is 17.5 Å². The second-order valence-electron chi connectivity index (χ2n) is 7.58. The molecule has 0 unspecified atom stereocenters. The van der Waals surface area contributed by atoms with Gasteiger partial charge in [0.15, 0.2) is 5.78 Å². The van der Waals surface area contributed by atoms with Crippen LogP contribution in [-0.4, -0.2) is 27.9 Å². The van der Waals surface area contributed by atoms with Crippen molar-refractivity contribution in [3.05, 3.63) is 41.4 Å². The molecule has 0 spiro atoms. The number of pyridine rings is 1. The Morgan fingerprint density at radius 1 is 1.36 bits per heavy atom. The zero-order valence-corrected chi connectivity index (χ0v) is 15.1. The predicted molar refractivity (Wildman–Crippen MR) is 93.4 cm³/mol. The maximum atomic E-state index is 12.8. The van der Waals surface area contributed by atoms with E-state index < -0.39 is 6.04 Å². The molecule has 0 saturated carbocycles. The van der Waals surface area contributed by atoms with Crippen LogP contribution in [-0.2, 0) is 21.4 Å². The first kappa shape index (κ1) is 17.3. The molecule has 6 nitrogen and oxygen atoms in total. The van der Waals surface area contributed by atoms with Crippen LogP contribution in [0.1, 0.15) is 50.6 Å². The normalized spacial score (nSPS) is 18.0. The van der Waals surface area contributed by atoms with Crippen molar-refractivity contribution in [1.29, 1.82) is 0 Å². The van der Waals surface area contributed by atoms with Crippen LogP contribution in [0.3, 0.4) is 0 Å². The lowest BCUT2D eigenvalue weighted by atomic mass is 9.92. The Morgan fingerprint density at radius 3 is 2.72 bits per heavy atom. The summed E-state index contributed by atoms with van der Waals surface area (Å²) in [6, 6.07) is 5.00. The molecule has 1 atom stereocenters. The lowest BCUT2D eigenvalue weighted by molar-refractivity contribution is -0.122. The third kappa shape index (κ3) is 3.62. The van der Waals surface area contributed by atoms with E-state index in [9.17, 15) is 9.59 Å². The Kier molecular flexibility index (Phi) is 4.45. The Labute approximate surface area is 147 Å². The average Bonchev–Trinajstić information content (AvgIpc) is 3.15. The highest BCUT2D eigenvalue weighted by Crippen LogP contribution is 2.27. The lowest BCUT2D eigenvalue weighted by Crippen LogP contribution is -2.40. The van der Waals surface area contributed by atoms with Gasteiger partial charge >= 0.3 is 0 Å². The van der Waals surface area contributed by atoms with E-state index in [0.717, 1.165) is 11.3 Å². The quantitative estimate of drug-likeness (QED) is 0.854. The fourth-order valence-corrected chi connectivity index (χ4v) is 2.92. The van der Waals surface area contributed by atoms with Crippen molar-refractivity contribution in [3.63, 3.8) is 0 Å². The number of carbonyl (C=O) groups excluding carboxylic acids is 2. The minimum atomic E-state index is -0.495. The minimum Gasteiger partial charge on any atom is -0.361 e. The van der Waals surface area contributed by atoms with E-state index in [1.807, 2.05) is 39.8 Å². The van der Waals surface area contributed by atoms with E-state index in [0.29, 0.717) is 24.4 Å². The molecule has 1 aliphatic rings. The third-order valence-electron chi connectivity index (χ3n) is 4.40. The van der Waals surface area contributed by atoms with Gasteiger partial charge < -0.3 is 4.52 Å². The number of rotatable bonds is 4. The fourth-order valence-electron chi connectivity index (χ4n) is 2.92. The molecule has 1 amide bonds. The summed E-state index contributed by atoms with van der Waals surface area (Å²) >= 11 is 0. The molecule has 0 N–H and O–H groups in total. The largest absolute Gasteiger partial charge is 0.361 e. The van der Waals surface area contributed by atoms with Gasteiger partial charge in [-0.15, -0.1) is 0 Å². The first-order valence-electron chi connectivity index (χ1n) is 8.49. The average molecular weight is 341 g/mol. The van der Waals surface area contributed by atoms with Crippen LogP contribution >= 0.6 is 0 Å². The van der Waals surface area contributed by atoms with Gasteiger partial charge in [0.05, 0.1) is 18.2 Å². The Bertz CT molecular complexity index is 787. The summed E-state index contributed by atoms with van der Waals surface area (Å²) in [5, 5.41) is 4.05. The summed E-state index contributed by atoms with van der Waals surface area (Å²) in [6.45, 7) is 8.05. The molecule has 2 aromatic heterocycles. The van der Waals surface area contributed by atoms with E-state index in [2.05, 4.69) is 10.1 Å². The highest BCUT2D eigenvalue weighted by molar-refractivity contribution is 6.04. The van der Waals surface area contributed by atoms with Gasteiger partial charge in [-0.1, -0.05) is 32.0 Å². The number of carbonyl (C=O) groups is 2. The summed E-state index contributed by atoms with van der Waals surface area (Å²) in [5.41, 5.74) is 1.69. The summed E-state index contributed by atoms with van der Waals surface area (Å²) in [6.07, 6.45) is 2.70. The zero-order chi connectivity index (χ0) is 18.2. The topological polar surface area (TPSA) is 76.3 Å². The Hall–Kier alpha value is -2.50. The van der Waals surface area contributed by atoms with E-state index >= 15 is 0 Å². The van der Waals surface area contributed by atoms with Gasteiger partial charge in [-0.3, -0.25) is 14.5 Å².